The van der Waals surface area contributed by atoms with Gasteiger partial charge < -0.3 is 15.8 Å². The highest BCUT2D eigenvalue weighted by atomic mass is 35.5. The van der Waals surface area contributed by atoms with Gasteiger partial charge in [0.2, 0.25) is 0 Å². The van der Waals surface area contributed by atoms with Crippen molar-refractivity contribution in [2.45, 2.75) is 37.6 Å². The maximum absolute atomic E-state index is 14.1. The summed E-state index contributed by atoms with van der Waals surface area (Å²) in [6, 6.07) is 4.42. The minimum Gasteiger partial charge on any atom is -0.460 e. The molecule has 0 spiro atoms. The molecule has 2 aromatic rings. The molecule has 6 nitrogen and oxygen atoms in total. The molecular formula is C17H17ClFN5O. The van der Waals surface area contributed by atoms with Crippen LogP contribution >= 0.6 is 11.6 Å². The lowest BCUT2D eigenvalue weighted by atomic mass is 9.96. The molecule has 1 fully saturated rings. The average molecular weight is 362 g/mol. The molecule has 1 aromatic heterocycles. The van der Waals surface area contributed by atoms with E-state index in [0.29, 0.717) is 11.8 Å². The second kappa shape index (κ2) is 6.57. The normalized spacial score (nSPS) is 22.9. The second-order valence-electron chi connectivity index (χ2n) is 6.16. The van der Waals surface area contributed by atoms with Gasteiger partial charge in [0, 0.05) is 18.0 Å². The van der Waals surface area contributed by atoms with Gasteiger partial charge in [0.15, 0.2) is 0 Å². The van der Waals surface area contributed by atoms with E-state index in [4.69, 9.17) is 22.1 Å². The Labute approximate surface area is 149 Å². The minimum atomic E-state index is -0.521. The van der Waals surface area contributed by atoms with Gasteiger partial charge in [-0.1, -0.05) is 17.7 Å². The number of hydrogen-bond acceptors (Lipinski definition) is 6. The first-order chi connectivity index (χ1) is 12.1. The number of nitrogens with one attached hydrogen (secondary N) is 1. The van der Waals surface area contributed by atoms with Crippen LogP contribution in [0.2, 0.25) is 5.02 Å². The van der Waals surface area contributed by atoms with E-state index in [1.165, 1.54) is 12.5 Å². The van der Waals surface area contributed by atoms with E-state index in [1.807, 2.05) is 0 Å². The molecule has 0 radical (unpaired) electrons. The van der Waals surface area contributed by atoms with Crippen molar-refractivity contribution in [3.05, 3.63) is 52.6 Å². The summed E-state index contributed by atoms with van der Waals surface area (Å²) < 4.78 is 19.7. The zero-order valence-electron chi connectivity index (χ0n) is 13.3. The number of aromatic nitrogens is 2. The Morgan fingerprint density at radius 3 is 2.64 bits per heavy atom. The van der Waals surface area contributed by atoms with E-state index in [1.54, 1.807) is 24.5 Å². The van der Waals surface area contributed by atoms with E-state index < -0.39 is 18.0 Å². The van der Waals surface area contributed by atoms with Crippen LogP contribution in [0.1, 0.15) is 36.4 Å². The molecule has 2 unspecified atom stereocenters. The third-order valence-corrected chi connectivity index (χ3v) is 4.74. The maximum atomic E-state index is 14.1. The maximum Gasteiger partial charge on any atom is 0.316 e. The molecule has 1 aliphatic carbocycles. The summed E-state index contributed by atoms with van der Waals surface area (Å²) >= 11 is 6.10. The Balaban J connectivity index is 1.56. The number of amidine groups is 1. The standard InChI is InChI=1S/C17H17ClFN5O/c18-11-5-2-6-12(19)13(11)16-23-14(15(20)24-16)9-7-21-17(22-8-9)25-10-3-1-4-10/h2,5-8,10,14-15H,1,3-4,20H2,(H,23,24). The Morgan fingerprint density at radius 2 is 2.00 bits per heavy atom. The molecule has 1 saturated carbocycles. The van der Waals surface area contributed by atoms with Crippen molar-refractivity contribution in [1.82, 2.24) is 15.3 Å². The van der Waals surface area contributed by atoms with Gasteiger partial charge in [-0.3, -0.25) is 4.99 Å². The van der Waals surface area contributed by atoms with Crippen LogP contribution in [-0.2, 0) is 0 Å². The van der Waals surface area contributed by atoms with Crippen LogP contribution in [0, 0.1) is 5.82 Å². The number of ether oxygens (including phenoxy) is 1. The lowest BCUT2D eigenvalue weighted by molar-refractivity contribution is 0.108. The van der Waals surface area contributed by atoms with Gasteiger partial charge in [0.25, 0.3) is 0 Å². The van der Waals surface area contributed by atoms with E-state index >= 15 is 0 Å². The molecule has 3 N–H and O–H groups in total. The van der Waals surface area contributed by atoms with Crippen molar-refractivity contribution < 1.29 is 9.13 Å². The average Bonchev–Trinajstić information content (AvgIpc) is 2.93. The molecule has 2 heterocycles. The van der Waals surface area contributed by atoms with Crippen molar-refractivity contribution in [2.75, 3.05) is 0 Å². The predicted molar refractivity (Wildman–Crippen MR) is 92.1 cm³/mol. The topological polar surface area (TPSA) is 85.4 Å². The van der Waals surface area contributed by atoms with E-state index in [2.05, 4.69) is 20.3 Å². The van der Waals surface area contributed by atoms with Crippen LogP contribution in [-0.4, -0.2) is 28.1 Å². The molecule has 8 heteroatoms. The van der Waals surface area contributed by atoms with Crippen LogP contribution in [0.15, 0.2) is 35.6 Å². The first-order valence-electron chi connectivity index (χ1n) is 8.15. The van der Waals surface area contributed by atoms with Crippen LogP contribution in [0.5, 0.6) is 6.01 Å². The van der Waals surface area contributed by atoms with Gasteiger partial charge in [-0.15, -0.1) is 0 Å². The van der Waals surface area contributed by atoms with Crippen LogP contribution in [0.4, 0.5) is 4.39 Å². The van der Waals surface area contributed by atoms with Gasteiger partial charge in [-0.25, -0.2) is 14.4 Å². The van der Waals surface area contributed by atoms with E-state index in [-0.39, 0.29) is 16.7 Å². The minimum absolute atomic E-state index is 0.216. The molecule has 0 bridgehead atoms. The van der Waals surface area contributed by atoms with Crippen molar-refractivity contribution in [2.24, 2.45) is 10.7 Å². The van der Waals surface area contributed by atoms with E-state index in [9.17, 15) is 4.39 Å². The van der Waals surface area contributed by atoms with Gasteiger partial charge in [0.05, 0.1) is 10.6 Å². The summed E-state index contributed by atoms with van der Waals surface area (Å²) in [6.45, 7) is 0. The molecule has 1 aliphatic heterocycles. The van der Waals surface area contributed by atoms with Crippen LogP contribution in [0.25, 0.3) is 0 Å². The molecule has 1 aromatic carbocycles. The summed E-state index contributed by atoms with van der Waals surface area (Å²) in [5.41, 5.74) is 7.05. The third-order valence-electron chi connectivity index (χ3n) is 4.43. The molecule has 4 rings (SSSR count). The molecule has 0 amide bonds. The highest BCUT2D eigenvalue weighted by Gasteiger charge is 2.30. The first kappa shape index (κ1) is 16.2. The third kappa shape index (κ3) is 3.17. The summed E-state index contributed by atoms with van der Waals surface area (Å²) in [5, 5.41) is 3.26. The molecule has 0 saturated heterocycles. The molecule has 2 aliphatic rings. The fourth-order valence-electron chi connectivity index (χ4n) is 2.81. The fraction of sp³-hybridized carbons (Fsp3) is 0.353. The summed E-state index contributed by atoms with van der Waals surface area (Å²) in [6.07, 6.45) is 6.24. The molecule has 130 valence electrons. The van der Waals surface area contributed by atoms with Crippen LogP contribution < -0.4 is 15.8 Å². The Morgan fingerprint density at radius 1 is 1.24 bits per heavy atom. The summed E-state index contributed by atoms with van der Waals surface area (Å²) in [5.74, 6) is -0.123. The lowest BCUT2D eigenvalue weighted by Crippen LogP contribution is -2.39. The quantitative estimate of drug-likeness (QED) is 0.874. The molecule has 25 heavy (non-hydrogen) atoms. The number of halogens is 2. The van der Waals surface area contributed by atoms with Crippen molar-refractivity contribution >= 4 is 17.4 Å². The summed E-state index contributed by atoms with van der Waals surface area (Å²) in [4.78, 5) is 12.9. The Hall–Kier alpha value is -2.25. The zero-order chi connectivity index (χ0) is 17.4. The Kier molecular flexibility index (Phi) is 4.27. The number of aliphatic imine (C=N–C) groups is 1. The second-order valence-corrected chi connectivity index (χ2v) is 6.57. The van der Waals surface area contributed by atoms with Gasteiger partial charge in [0.1, 0.15) is 30.0 Å². The smallest absolute Gasteiger partial charge is 0.316 e. The Bertz CT molecular complexity index is 789. The zero-order valence-corrected chi connectivity index (χ0v) is 14.1. The largest absolute Gasteiger partial charge is 0.460 e. The number of nitrogens with zero attached hydrogens (tertiary/aromatic N) is 3. The van der Waals surface area contributed by atoms with Gasteiger partial charge in [-0.2, -0.15) is 0 Å². The monoisotopic (exact) mass is 361 g/mol. The number of nitrogens with two attached hydrogens (primary N) is 1. The van der Waals surface area contributed by atoms with Gasteiger partial charge >= 0.3 is 6.01 Å². The number of rotatable bonds is 4. The van der Waals surface area contributed by atoms with Crippen LogP contribution in [0.3, 0.4) is 0 Å². The SMILES string of the molecule is NC1NC(c2c(F)cccc2Cl)=NC1c1cnc(OC2CCC2)nc1. The molecular weight excluding hydrogens is 345 g/mol. The van der Waals surface area contributed by atoms with E-state index in [0.717, 1.165) is 18.4 Å². The number of benzene rings is 1. The highest BCUT2D eigenvalue weighted by molar-refractivity contribution is 6.34. The fourth-order valence-corrected chi connectivity index (χ4v) is 3.07. The highest BCUT2D eigenvalue weighted by Crippen LogP contribution is 2.28. The predicted octanol–water partition coefficient (Wildman–Crippen LogP) is 2.58. The van der Waals surface area contributed by atoms with Crippen molar-refractivity contribution in [1.29, 1.82) is 0 Å². The molecule has 2 atom stereocenters. The lowest BCUT2D eigenvalue weighted by Gasteiger charge is -2.25. The van der Waals surface area contributed by atoms with Crippen molar-refractivity contribution in [3.63, 3.8) is 0 Å². The van der Waals surface area contributed by atoms with Crippen molar-refractivity contribution in [3.8, 4) is 6.01 Å². The van der Waals surface area contributed by atoms with Gasteiger partial charge in [-0.05, 0) is 31.4 Å². The summed E-state index contributed by atoms with van der Waals surface area (Å²) in [7, 11) is 0. The first-order valence-corrected chi connectivity index (χ1v) is 8.52. The number of hydrogen-bond donors (Lipinski definition) is 2.